The topological polar surface area (TPSA) is 47.1 Å². The van der Waals surface area contributed by atoms with Gasteiger partial charge in [0.1, 0.15) is 0 Å². The van der Waals surface area contributed by atoms with E-state index in [0.717, 1.165) is 13.1 Å². The lowest BCUT2D eigenvalue weighted by atomic mass is 9.95. The minimum absolute atomic E-state index is 0.0598. The smallest absolute Gasteiger partial charge is 0.326 e. The molecule has 1 aliphatic rings. The molecule has 1 saturated heterocycles. The number of aromatic nitrogens is 2. The van der Waals surface area contributed by atoms with E-state index in [1.165, 1.54) is 11.8 Å². The monoisotopic (exact) mass is 292 g/mol. The molecule has 2 atom stereocenters. The van der Waals surface area contributed by atoms with Crippen LogP contribution in [-0.2, 0) is 6.54 Å². The normalized spacial score (nSPS) is 23.0. The SMILES string of the molecule is N[C@@H]1CN(Cc2ccn(C(F)F)n2)C[C@H]1c1ccccc1. The molecule has 1 aromatic heterocycles. The number of nitrogens with zero attached hydrogens (tertiary/aromatic N) is 3. The summed E-state index contributed by atoms with van der Waals surface area (Å²) in [6.07, 6.45) is 1.31. The fraction of sp³-hybridized carbons (Fsp3) is 0.400. The molecule has 1 aliphatic heterocycles. The number of hydrogen-bond donors (Lipinski definition) is 1. The third kappa shape index (κ3) is 3.11. The predicted molar refractivity (Wildman–Crippen MR) is 75.9 cm³/mol. The molecule has 3 rings (SSSR count). The van der Waals surface area contributed by atoms with Crippen molar-refractivity contribution in [2.75, 3.05) is 13.1 Å². The molecular weight excluding hydrogens is 274 g/mol. The average molecular weight is 292 g/mol. The summed E-state index contributed by atoms with van der Waals surface area (Å²) >= 11 is 0. The minimum Gasteiger partial charge on any atom is -0.326 e. The van der Waals surface area contributed by atoms with Gasteiger partial charge >= 0.3 is 6.55 Å². The van der Waals surface area contributed by atoms with Crippen molar-refractivity contribution in [3.05, 3.63) is 53.9 Å². The number of hydrogen-bond acceptors (Lipinski definition) is 3. The molecule has 0 aliphatic carbocycles. The molecule has 6 heteroatoms. The van der Waals surface area contributed by atoms with Crippen LogP contribution in [-0.4, -0.2) is 33.8 Å². The van der Waals surface area contributed by atoms with Gasteiger partial charge in [0.25, 0.3) is 0 Å². The lowest BCUT2D eigenvalue weighted by Gasteiger charge is -2.15. The molecule has 0 radical (unpaired) electrons. The molecule has 4 nitrogen and oxygen atoms in total. The Balaban J connectivity index is 1.65. The Labute approximate surface area is 122 Å². The molecule has 2 aromatic rings. The molecule has 0 amide bonds. The maximum atomic E-state index is 12.5. The molecule has 2 heterocycles. The van der Waals surface area contributed by atoms with E-state index in [2.05, 4.69) is 22.1 Å². The minimum atomic E-state index is -2.59. The Bertz CT molecular complexity index is 584. The molecule has 21 heavy (non-hydrogen) atoms. The van der Waals surface area contributed by atoms with E-state index in [1.54, 1.807) is 6.07 Å². The van der Waals surface area contributed by atoms with Gasteiger partial charge in [-0.15, -0.1) is 0 Å². The lowest BCUT2D eigenvalue weighted by Crippen LogP contribution is -2.28. The third-order valence-corrected chi connectivity index (χ3v) is 3.92. The van der Waals surface area contributed by atoms with Gasteiger partial charge in [-0.25, -0.2) is 4.68 Å². The molecular formula is C15H18F2N4. The van der Waals surface area contributed by atoms with Crippen LogP contribution in [0.1, 0.15) is 23.7 Å². The molecule has 1 fully saturated rings. The summed E-state index contributed by atoms with van der Waals surface area (Å²) in [4.78, 5) is 2.17. The summed E-state index contributed by atoms with van der Waals surface area (Å²) in [6.45, 7) is -0.457. The van der Waals surface area contributed by atoms with Crippen LogP contribution in [0.25, 0.3) is 0 Å². The van der Waals surface area contributed by atoms with E-state index in [9.17, 15) is 8.78 Å². The summed E-state index contributed by atoms with van der Waals surface area (Å²) in [5.41, 5.74) is 8.10. The van der Waals surface area contributed by atoms with E-state index >= 15 is 0 Å². The average Bonchev–Trinajstić information content (AvgIpc) is 3.07. The number of nitrogens with two attached hydrogens (primary N) is 1. The molecule has 0 saturated carbocycles. The Kier molecular flexibility index (Phi) is 3.98. The van der Waals surface area contributed by atoms with E-state index in [1.807, 2.05) is 18.2 Å². The van der Waals surface area contributed by atoms with Crippen molar-refractivity contribution >= 4 is 0 Å². The molecule has 0 spiro atoms. The van der Waals surface area contributed by atoms with Crippen LogP contribution in [0.15, 0.2) is 42.6 Å². The van der Waals surface area contributed by atoms with Crippen molar-refractivity contribution in [1.82, 2.24) is 14.7 Å². The predicted octanol–water partition coefficient (Wildman–Crippen LogP) is 2.20. The van der Waals surface area contributed by atoms with Gasteiger partial charge in [-0.05, 0) is 11.6 Å². The highest BCUT2D eigenvalue weighted by Crippen LogP contribution is 2.27. The van der Waals surface area contributed by atoms with Gasteiger partial charge in [-0.3, -0.25) is 4.90 Å². The van der Waals surface area contributed by atoms with Gasteiger partial charge in [-0.2, -0.15) is 13.9 Å². The van der Waals surface area contributed by atoms with E-state index < -0.39 is 6.55 Å². The summed E-state index contributed by atoms with van der Waals surface area (Å²) in [5, 5.41) is 3.88. The van der Waals surface area contributed by atoms with Crippen molar-refractivity contribution < 1.29 is 8.78 Å². The second-order valence-corrected chi connectivity index (χ2v) is 5.44. The summed E-state index contributed by atoms with van der Waals surface area (Å²) in [5.74, 6) is 0.281. The number of rotatable bonds is 4. The highest BCUT2D eigenvalue weighted by atomic mass is 19.3. The van der Waals surface area contributed by atoms with Crippen molar-refractivity contribution in [2.24, 2.45) is 5.73 Å². The number of benzene rings is 1. The Morgan fingerprint density at radius 3 is 2.62 bits per heavy atom. The largest absolute Gasteiger partial charge is 0.333 e. The number of likely N-dealkylation sites (tertiary alicyclic amines) is 1. The number of halogens is 2. The maximum Gasteiger partial charge on any atom is 0.333 e. The zero-order valence-electron chi connectivity index (χ0n) is 11.6. The van der Waals surface area contributed by atoms with Crippen LogP contribution in [0.3, 0.4) is 0 Å². The van der Waals surface area contributed by atoms with Crippen LogP contribution >= 0.6 is 0 Å². The summed E-state index contributed by atoms with van der Waals surface area (Å²) in [6, 6.07) is 11.9. The Hall–Kier alpha value is -1.79. The quantitative estimate of drug-likeness (QED) is 0.940. The highest BCUT2D eigenvalue weighted by Gasteiger charge is 2.31. The van der Waals surface area contributed by atoms with Crippen LogP contribution in [0.5, 0.6) is 0 Å². The molecule has 2 N–H and O–H groups in total. The van der Waals surface area contributed by atoms with Crippen LogP contribution in [0.4, 0.5) is 8.78 Å². The summed E-state index contributed by atoms with van der Waals surface area (Å²) < 4.78 is 25.7. The fourth-order valence-electron chi connectivity index (χ4n) is 2.89. The Morgan fingerprint density at radius 2 is 1.95 bits per heavy atom. The molecule has 0 bridgehead atoms. The highest BCUT2D eigenvalue weighted by molar-refractivity contribution is 5.23. The van der Waals surface area contributed by atoms with Crippen molar-refractivity contribution in [1.29, 1.82) is 0 Å². The van der Waals surface area contributed by atoms with Crippen molar-refractivity contribution in [3.63, 3.8) is 0 Å². The van der Waals surface area contributed by atoms with Crippen molar-refractivity contribution in [3.8, 4) is 0 Å². The third-order valence-electron chi connectivity index (χ3n) is 3.92. The standard InChI is InChI=1S/C15H18F2N4/c16-15(17)21-7-6-12(19-21)8-20-9-13(14(18)10-20)11-4-2-1-3-5-11/h1-7,13-15H,8-10,18H2/t13-,14+/m0/s1. The van der Waals surface area contributed by atoms with E-state index in [4.69, 9.17) is 5.73 Å². The van der Waals surface area contributed by atoms with Crippen molar-refractivity contribution in [2.45, 2.75) is 25.1 Å². The van der Waals surface area contributed by atoms with Gasteiger partial charge in [0, 0.05) is 37.8 Å². The molecule has 1 aromatic carbocycles. The zero-order chi connectivity index (χ0) is 14.8. The van der Waals surface area contributed by atoms with E-state index in [0.29, 0.717) is 16.9 Å². The zero-order valence-corrected chi connectivity index (χ0v) is 11.6. The first-order valence-electron chi connectivity index (χ1n) is 6.98. The fourth-order valence-corrected chi connectivity index (χ4v) is 2.89. The van der Waals surface area contributed by atoms with Gasteiger partial charge in [0.15, 0.2) is 0 Å². The van der Waals surface area contributed by atoms with Crippen LogP contribution in [0.2, 0.25) is 0 Å². The Morgan fingerprint density at radius 1 is 1.19 bits per heavy atom. The van der Waals surface area contributed by atoms with E-state index in [-0.39, 0.29) is 12.0 Å². The first-order chi connectivity index (χ1) is 10.1. The number of alkyl halides is 2. The van der Waals surface area contributed by atoms with Crippen LogP contribution < -0.4 is 5.73 Å². The second kappa shape index (κ2) is 5.91. The van der Waals surface area contributed by atoms with Gasteiger partial charge in [-0.1, -0.05) is 30.3 Å². The first kappa shape index (κ1) is 14.2. The lowest BCUT2D eigenvalue weighted by molar-refractivity contribution is 0.0558. The molecule has 112 valence electrons. The van der Waals surface area contributed by atoms with Crippen LogP contribution in [0, 0.1) is 0 Å². The van der Waals surface area contributed by atoms with Gasteiger partial charge < -0.3 is 5.73 Å². The van der Waals surface area contributed by atoms with Gasteiger partial charge in [0.05, 0.1) is 5.69 Å². The summed E-state index contributed by atoms with van der Waals surface area (Å²) in [7, 11) is 0. The maximum absolute atomic E-state index is 12.5. The molecule has 0 unspecified atom stereocenters. The second-order valence-electron chi connectivity index (χ2n) is 5.44. The first-order valence-corrected chi connectivity index (χ1v) is 6.98. The van der Waals surface area contributed by atoms with Gasteiger partial charge in [0.2, 0.25) is 0 Å².